The summed E-state index contributed by atoms with van der Waals surface area (Å²) in [4.78, 5) is 14.2. The van der Waals surface area contributed by atoms with E-state index in [0.717, 1.165) is 50.6 Å². The molecule has 0 aliphatic rings. The molecule has 0 atom stereocenters. The second kappa shape index (κ2) is 16.0. The third-order valence-corrected chi connectivity index (χ3v) is 10.0. The third-order valence-electron chi connectivity index (χ3n) is 10.0. The topological polar surface area (TPSA) is 72.2 Å². The number of phenolic OH excluding ortho intramolecular Hbond substituents is 2. The van der Waals surface area contributed by atoms with Crippen LogP contribution in [0.3, 0.4) is 0 Å². The summed E-state index contributed by atoms with van der Waals surface area (Å²) < 4.78 is 0. The number of phenols is 2. The van der Waals surface area contributed by atoms with Gasteiger partial charge in [-0.3, -0.25) is 4.99 Å². The first-order chi connectivity index (χ1) is 28.6. The monoisotopic (exact) mass is 750 g/mol. The summed E-state index contributed by atoms with van der Waals surface area (Å²) in [5.41, 5.74) is 9.89. The van der Waals surface area contributed by atoms with Gasteiger partial charge in [0.05, 0.1) is 29.0 Å². The van der Waals surface area contributed by atoms with Gasteiger partial charge in [0.15, 0.2) is 0 Å². The van der Waals surface area contributed by atoms with Crippen molar-refractivity contribution in [1.29, 1.82) is 0 Å². The first-order valence-corrected chi connectivity index (χ1v) is 19.1. The predicted octanol–water partition coefficient (Wildman–Crippen LogP) is 13.7. The second-order valence-corrected chi connectivity index (χ2v) is 13.8. The minimum atomic E-state index is 0.102. The van der Waals surface area contributed by atoms with E-state index in [0.29, 0.717) is 28.0 Å². The van der Waals surface area contributed by atoms with Crippen molar-refractivity contribution in [1.82, 2.24) is 4.98 Å². The number of anilines is 6. The normalized spacial score (nSPS) is 11.2. The van der Waals surface area contributed by atoms with Crippen LogP contribution < -0.4 is 9.80 Å². The van der Waals surface area contributed by atoms with Crippen LogP contribution in [0.5, 0.6) is 11.5 Å². The molecule has 6 nitrogen and oxygen atoms in total. The maximum absolute atomic E-state index is 11.7. The maximum atomic E-state index is 11.7. The van der Waals surface area contributed by atoms with Crippen molar-refractivity contribution in [3.63, 3.8) is 0 Å². The van der Waals surface area contributed by atoms with Gasteiger partial charge >= 0.3 is 0 Å². The van der Waals surface area contributed by atoms with Crippen molar-refractivity contribution in [2.75, 3.05) is 9.80 Å². The van der Waals surface area contributed by atoms with E-state index in [9.17, 15) is 10.2 Å². The quantitative estimate of drug-likeness (QED) is 0.136. The molecule has 8 aromatic carbocycles. The van der Waals surface area contributed by atoms with Gasteiger partial charge in [0.1, 0.15) is 11.5 Å². The lowest BCUT2D eigenvalue weighted by molar-refractivity contribution is 0.477. The Morgan fingerprint density at radius 1 is 0.414 bits per heavy atom. The van der Waals surface area contributed by atoms with E-state index >= 15 is 0 Å². The highest BCUT2D eigenvalue weighted by molar-refractivity contribution is 6.02. The predicted molar refractivity (Wildman–Crippen MR) is 239 cm³/mol. The number of rotatable bonds is 10. The first kappa shape index (κ1) is 35.7. The smallest absolute Gasteiger partial charge is 0.127 e. The van der Waals surface area contributed by atoms with Crippen LogP contribution in [-0.2, 0) is 0 Å². The average molecular weight is 751 g/mol. The van der Waals surface area contributed by atoms with Crippen LogP contribution in [0.15, 0.2) is 217 Å². The molecule has 58 heavy (non-hydrogen) atoms. The number of aliphatic imine (C=N–C) groups is 1. The molecule has 0 radical (unpaired) electrons. The Hall–Kier alpha value is -7.96. The lowest BCUT2D eigenvalue weighted by Crippen LogP contribution is -2.09. The van der Waals surface area contributed by atoms with E-state index in [1.165, 1.54) is 0 Å². The van der Waals surface area contributed by atoms with E-state index in [1.807, 2.05) is 158 Å². The Morgan fingerprint density at radius 3 is 1.48 bits per heavy atom. The van der Waals surface area contributed by atoms with E-state index in [4.69, 9.17) is 9.98 Å². The highest BCUT2D eigenvalue weighted by atomic mass is 16.3. The van der Waals surface area contributed by atoms with Crippen LogP contribution in [0.1, 0.15) is 5.69 Å². The van der Waals surface area contributed by atoms with E-state index in [-0.39, 0.29) is 11.5 Å². The van der Waals surface area contributed by atoms with Crippen molar-refractivity contribution in [2.45, 2.75) is 0 Å². The Morgan fingerprint density at radius 2 is 0.931 bits per heavy atom. The van der Waals surface area contributed by atoms with Crippen molar-refractivity contribution in [3.05, 3.63) is 218 Å². The number of pyridine rings is 1. The number of aromatic nitrogens is 1. The van der Waals surface area contributed by atoms with Gasteiger partial charge in [-0.2, -0.15) is 0 Å². The second-order valence-electron chi connectivity index (χ2n) is 13.8. The molecule has 1 aromatic heterocycles. The standard InChI is InChI=1S/C52H38N4O2/c57-50-34-45(55(41-20-8-2-9-21-41)42-22-10-3-11-23-42)29-30-47(50)49-33-39(37-17-6-1-7-18-37)31-40(54-49)36-53-48-28-16-19-38-32-46(35-51(58)52(38)48)56(43-24-12-4-13-25-43)44-26-14-5-15-27-44/h1-36,57-58H/b53-36+. The largest absolute Gasteiger partial charge is 0.507 e. The fourth-order valence-electron chi connectivity index (χ4n) is 7.37. The molecule has 1 heterocycles. The number of para-hydroxylation sites is 4. The SMILES string of the molecule is Oc1cc(N(c2ccccc2)c2ccccc2)ccc1-c1cc(-c2ccccc2)cc(/C=N/c2cccc3cc(N(c4ccccc4)c4ccccc4)cc(O)c23)n1. The summed E-state index contributed by atoms with van der Waals surface area (Å²) in [6, 6.07) is 69.9. The molecule has 0 saturated carbocycles. The molecule has 9 rings (SSSR count). The van der Waals surface area contributed by atoms with Gasteiger partial charge in [-0.05, 0) is 101 Å². The van der Waals surface area contributed by atoms with Gasteiger partial charge in [0.2, 0.25) is 0 Å². The fourth-order valence-corrected chi connectivity index (χ4v) is 7.37. The highest BCUT2D eigenvalue weighted by Crippen LogP contribution is 2.43. The molecule has 0 bridgehead atoms. The Labute approximate surface area is 337 Å². The van der Waals surface area contributed by atoms with Gasteiger partial charge < -0.3 is 20.0 Å². The molecule has 9 aromatic rings. The number of nitrogens with zero attached hydrogens (tertiary/aromatic N) is 4. The molecule has 0 amide bonds. The number of hydrogen-bond acceptors (Lipinski definition) is 6. The van der Waals surface area contributed by atoms with Crippen molar-refractivity contribution in [2.24, 2.45) is 4.99 Å². The molecule has 0 spiro atoms. The molecule has 0 saturated heterocycles. The number of benzene rings is 8. The minimum Gasteiger partial charge on any atom is -0.507 e. The first-order valence-electron chi connectivity index (χ1n) is 19.1. The summed E-state index contributed by atoms with van der Waals surface area (Å²) in [5, 5.41) is 24.8. The van der Waals surface area contributed by atoms with Gasteiger partial charge in [0, 0.05) is 51.5 Å². The molecule has 0 unspecified atom stereocenters. The number of fused-ring (bicyclic) bond motifs is 1. The average Bonchev–Trinajstić information content (AvgIpc) is 3.27. The van der Waals surface area contributed by atoms with Crippen LogP contribution in [0, 0.1) is 0 Å². The summed E-state index contributed by atoms with van der Waals surface area (Å²) >= 11 is 0. The van der Waals surface area contributed by atoms with Crippen LogP contribution in [0.25, 0.3) is 33.2 Å². The van der Waals surface area contributed by atoms with Gasteiger partial charge in [-0.15, -0.1) is 0 Å². The molecule has 6 heteroatoms. The van der Waals surface area contributed by atoms with Gasteiger partial charge in [-0.25, -0.2) is 4.98 Å². The van der Waals surface area contributed by atoms with Crippen molar-refractivity contribution < 1.29 is 10.2 Å². The Bertz CT molecular complexity index is 2770. The molecular weight excluding hydrogens is 713 g/mol. The van der Waals surface area contributed by atoms with Crippen LogP contribution in [0.4, 0.5) is 39.8 Å². The zero-order valence-corrected chi connectivity index (χ0v) is 31.5. The van der Waals surface area contributed by atoms with Crippen LogP contribution in [0.2, 0.25) is 0 Å². The Kier molecular flexibility index (Phi) is 9.87. The van der Waals surface area contributed by atoms with Crippen molar-refractivity contribution >= 4 is 56.8 Å². The summed E-state index contributed by atoms with van der Waals surface area (Å²) in [6.07, 6.45) is 1.72. The van der Waals surface area contributed by atoms with Crippen molar-refractivity contribution in [3.8, 4) is 33.9 Å². The summed E-state index contributed by atoms with van der Waals surface area (Å²) in [6.45, 7) is 0. The minimum absolute atomic E-state index is 0.102. The number of aromatic hydroxyl groups is 2. The lowest BCUT2D eigenvalue weighted by Gasteiger charge is -2.26. The fraction of sp³-hybridized carbons (Fsp3) is 0. The van der Waals surface area contributed by atoms with E-state index < -0.39 is 0 Å². The zero-order valence-electron chi connectivity index (χ0n) is 31.5. The highest BCUT2D eigenvalue weighted by Gasteiger charge is 2.18. The van der Waals surface area contributed by atoms with Crippen LogP contribution in [-0.4, -0.2) is 21.4 Å². The molecular formula is C52H38N4O2. The Balaban J connectivity index is 1.10. The summed E-state index contributed by atoms with van der Waals surface area (Å²) in [7, 11) is 0. The van der Waals surface area contributed by atoms with Gasteiger partial charge in [0.25, 0.3) is 0 Å². The molecule has 0 aliphatic heterocycles. The molecule has 0 fully saturated rings. The zero-order chi connectivity index (χ0) is 39.3. The lowest BCUT2D eigenvalue weighted by atomic mass is 10.0. The summed E-state index contributed by atoms with van der Waals surface area (Å²) in [5.74, 6) is 0.221. The maximum Gasteiger partial charge on any atom is 0.127 e. The van der Waals surface area contributed by atoms with E-state index in [1.54, 1.807) is 18.3 Å². The molecule has 0 aliphatic carbocycles. The number of hydrogen-bond donors (Lipinski definition) is 2. The van der Waals surface area contributed by atoms with Gasteiger partial charge in [-0.1, -0.05) is 115 Å². The molecule has 2 N–H and O–H groups in total. The molecule has 278 valence electrons. The van der Waals surface area contributed by atoms with Crippen LogP contribution >= 0.6 is 0 Å². The third kappa shape index (κ3) is 7.38. The van der Waals surface area contributed by atoms with E-state index in [2.05, 4.69) is 52.3 Å².